The number of carbonyl (C=O) groups is 2. The summed E-state index contributed by atoms with van der Waals surface area (Å²) in [4.78, 5) is 28.9. The summed E-state index contributed by atoms with van der Waals surface area (Å²) in [5.74, 6) is -1.01. The SMILES string of the molecule is CC(C)(C)OC(=O)N(CCn1ccnc1)c1ccc(C(=O)O)cc1. The van der Waals surface area contributed by atoms with Gasteiger partial charge in [0.15, 0.2) is 0 Å². The Hall–Kier alpha value is -2.83. The van der Waals surface area contributed by atoms with Crippen molar-refractivity contribution in [2.45, 2.75) is 32.9 Å². The lowest BCUT2D eigenvalue weighted by Gasteiger charge is -2.27. The van der Waals surface area contributed by atoms with E-state index in [2.05, 4.69) is 4.98 Å². The second-order valence-electron chi connectivity index (χ2n) is 6.28. The molecule has 1 N–H and O–H groups in total. The monoisotopic (exact) mass is 331 g/mol. The van der Waals surface area contributed by atoms with Gasteiger partial charge in [0.2, 0.25) is 0 Å². The Balaban J connectivity index is 2.20. The molecule has 0 atom stereocenters. The van der Waals surface area contributed by atoms with Crippen LogP contribution < -0.4 is 4.90 Å². The fraction of sp³-hybridized carbons (Fsp3) is 0.353. The molecule has 0 saturated carbocycles. The highest BCUT2D eigenvalue weighted by atomic mass is 16.6. The van der Waals surface area contributed by atoms with Crippen molar-refractivity contribution in [3.8, 4) is 0 Å². The summed E-state index contributed by atoms with van der Waals surface area (Å²) in [5.41, 5.74) is 0.123. The van der Waals surface area contributed by atoms with Crippen LogP contribution in [0.5, 0.6) is 0 Å². The fourth-order valence-corrected chi connectivity index (χ4v) is 2.06. The average Bonchev–Trinajstić information content (AvgIpc) is 2.99. The van der Waals surface area contributed by atoms with E-state index in [1.165, 1.54) is 17.0 Å². The number of hydrogen-bond acceptors (Lipinski definition) is 4. The van der Waals surface area contributed by atoms with Gasteiger partial charge < -0.3 is 14.4 Å². The number of imidazole rings is 1. The lowest BCUT2D eigenvalue weighted by molar-refractivity contribution is 0.0578. The van der Waals surface area contributed by atoms with E-state index in [1.54, 1.807) is 51.6 Å². The molecule has 0 radical (unpaired) electrons. The Kier molecular flexibility index (Phi) is 5.23. The number of nitrogens with zero attached hydrogens (tertiary/aromatic N) is 3. The smallest absolute Gasteiger partial charge is 0.414 e. The Labute approximate surface area is 140 Å². The fourth-order valence-electron chi connectivity index (χ4n) is 2.06. The maximum Gasteiger partial charge on any atom is 0.414 e. The first-order valence-corrected chi connectivity index (χ1v) is 7.56. The van der Waals surface area contributed by atoms with E-state index in [9.17, 15) is 9.59 Å². The molecule has 7 nitrogen and oxygen atoms in total. The summed E-state index contributed by atoms with van der Waals surface area (Å²) >= 11 is 0. The maximum absolute atomic E-state index is 12.5. The van der Waals surface area contributed by atoms with Crippen LogP contribution in [0.25, 0.3) is 0 Å². The topological polar surface area (TPSA) is 84.7 Å². The average molecular weight is 331 g/mol. The molecule has 0 aliphatic heterocycles. The van der Waals surface area contributed by atoms with Gasteiger partial charge in [-0.2, -0.15) is 0 Å². The van der Waals surface area contributed by atoms with E-state index >= 15 is 0 Å². The largest absolute Gasteiger partial charge is 0.478 e. The number of benzene rings is 1. The molecule has 128 valence electrons. The van der Waals surface area contributed by atoms with Crippen LogP contribution in [-0.4, -0.2) is 38.9 Å². The van der Waals surface area contributed by atoms with Crippen LogP contribution in [0.15, 0.2) is 43.0 Å². The summed E-state index contributed by atoms with van der Waals surface area (Å²) < 4.78 is 7.30. The number of carboxylic acid groups (broad SMARTS) is 1. The van der Waals surface area contributed by atoms with Gasteiger partial charge in [-0.05, 0) is 45.0 Å². The van der Waals surface area contributed by atoms with Crippen molar-refractivity contribution in [1.29, 1.82) is 0 Å². The molecular weight excluding hydrogens is 310 g/mol. The highest BCUT2D eigenvalue weighted by Crippen LogP contribution is 2.19. The Morgan fingerprint density at radius 2 is 1.92 bits per heavy atom. The number of carbonyl (C=O) groups excluding carboxylic acids is 1. The minimum Gasteiger partial charge on any atom is -0.478 e. The van der Waals surface area contributed by atoms with Crippen molar-refractivity contribution in [2.75, 3.05) is 11.4 Å². The van der Waals surface area contributed by atoms with E-state index in [-0.39, 0.29) is 5.56 Å². The number of amides is 1. The minimum atomic E-state index is -1.01. The molecule has 1 heterocycles. The van der Waals surface area contributed by atoms with Crippen LogP contribution in [-0.2, 0) is 11.3 Å². The van der Waals surface area contributed by atoms with Crippen molar-refractivity contribution >= 4 is 17.7 Å². The van der Waals surface area contributed by atoms with Crippen molar-refractivity contribution in [3.05, 3.63) is 48.5 Å². The maximum atomic E-state index is 12.5. The molecule has 0 bridgehead atoms. The van der Waals surface area contributed by atoms with Gasteiger partial charge in [0.25, 0.3) is 0 Å². The standard InChI is InChI=1S/C17H21N3O4/c1-17(2,3)24-16(23)20(11-10-19-9-8-18-12-19)14-6-4-13(5-7-14)15(21)22/h4-9,12H,10-11H2,1-3H3,(H,21,22). The van der Waals surface area contributed by atoms with Gasteiger partial charge in [-0.25, -0.2) is 14.6 Å². The third kappa shape index (κ3) is 4.84. The first kappa shape index (κ1) is 17.5. The van der Waals surface area contributed by atoms with E-state index in [0.717, 1.165) is 0 Å². The number of anilines is 1. The first-order chi connectivity index (χ1) is 11.3. The van der Waals surface area contributed by atoms with Crippen molar-refractivity contribution in [2.24, 2.45) is 0 Å². The molecule has 0 aliphatic carbocycles. The number of hydrogen-bond donors (Lipinski definition) is 1. The lowest BCUT2D eigenvalue weighted by Crippen LogP contribution is -2.38. The number of carboxylic acids is 1. The Bertz CT molecular complexity index is 688. The molecule has 1 amide bonds. The van der Waals surface area contributed by atoms with E-state index < -0.39 is 17.7 Å². The molecule has 7 heteroatoms. The van der Waals surface area contributed by atoms with Crippen LogP contribution >= 0.6 is 0 Å². The molecule has 0 spiro atoms. The molecule has 0 saturated heterocycles. The summed E-state index contributed by atoms with van der Waals surface area (Å²) in [6.45, 7) is 6.31. The predicted octanol–water partition coefficient (Wildman–Crippen LogP) is 3.02. The second-order valence-corrected chi connectivity index (χ2v) is 6.28. The summed E-state index contributed by atoms with van der Waals surface area (Å²) in [7, 11) is 0. The van der Waals surface area contributed by atoms with Crippen LogP contribution in [0.1, 0.15) is 31.1 Å². The number of aromatic carboxylic acids is 1. The highest BCUT2D eigenvalue weighted by Gasteiger charge is 2.23. The van der Waals surface area contributed by atoms with Crippen LogP contribution in [0, 0.1) is 0 Å². The van der Waals surface area contributed by atoms with E-state index in [0.29, 0.717) is 18.8 Å². The molecular formula is C17H21N3O4. The molecule has 0 aliphatic rings. The number of aromatic nitrogens is 2. The Morgan fingerprint density at radius 3 is 2.42 bits per heavy atom. The van der Waals surface area contributed by atoms with Gasteiger partial charge in [0.1, 0.15) is 5.60 Å². The first-order valence-electron chi connectivity index (χ1n) is 7.56. The normalized spacial score (nSPS) is 11.1. The van der Waals surface area contributed by atoms with Crippen molar-refractivity contribution in [1.82, 2.24) is 9.55 Å². The third-order valence-corrected chi connectivity index (χ3v) is 3.18. The zero-order valence-corrected chi connectivity index (χ0v) is 14.0. The second kappa shape index (κ2) is 7.16. The van der Waals surface area contributed by atoms with Gasteiger partial charge in [-0.15, -0.1) is 0 Å². The number of ether oxygens (including phenoxy) is 1. The van der Waals surface area contributed by atoms with Crippen LogP contribution in [0.4, 0.5) is 10.5 Å². The van der Waals surface area contributed by atoms with Crippen molar-refractivity contribution in [3.63, 3.8) is 0 Å². The zero-order valence-electron chi connectivity index (χ0n) is 14.0. The van der Waals surface area contributed by atoms with Gasteiger partial charge >= 0.3 is 12.1 Å². The summed E-state index contributed by atoms with van der Waals surface area (Å²) in [6, 6.07) is 6.13. The van der Waals surface area contributed by atoms with E-state index in [1.807, 2.05) is 4.57 Å². The minimum absolute atomic E-state index is 0.164. The third-order valence-electron chi connectivity index (χ3n) is 3.18. The Morgan fingerprint density at radius 1 is 1.25 bits per heavy atom. The molecule has 2 aromatic rings. The van der Waals surface area contributed by atoms with Gasteiger partial charge in [-0.1, -0.05) is 0 Å². The molecule has 24 heavy (non-hydrogen) atoms. The van der Waals surface area contributed by atoms with Crippen LogP contribution in [0.3, 0.4) is 0 Å². The number of rotatable bonds is 5. The zero-order chi connectivity index (χ0) is 17.7. The molecule has 1 aromatic heterocycles. The van der Waals surface area contributed by atoms with Gasteiger partial charge in [0.05, 0.1) is 11.9 Å². The summed E-state index contributed by atoms with van der Waals surface area (Å²) in [5, 5.41) is 8.99. The van der Waals surface area contributed by atoms with Gasteiger partial charge in [0, 0.05) is 31.2 Å². The summed E-state index contributed by atoms with van der Waals surface area (Å²) in [6.07, 6.45) is 4.66. The van der Waals surface area contributed by atoms with Crippen LogP contribution in [0.2, 0.25) is 0 Å². The van der Waals surface area contributed by atoms with E-state index in [4.69, 9.17) is 9.84 Å². The molecule has 1 aromatic carbocycles. The quantitative estimate of drug-likeness (QED) is 0.910. The molecule has 0 fully saturated rings. The predicted molar refractivity (Wildman–Crippen MR) is 89.2 cm³/mol. The lowest BCUT2D eigenvalue weighted by atomic mass is 10.2. The molecule has 0 unspecified atom stereocenters. The van der Waals surface area contributed by atoms with Crippen molar-refractivity contribution < 1.29 is 19.4 Å². The van der Waals surface area contributed by atoms with Gasteiger partial charge in [-0.3, -0.25) is 4.90 Å². The highest BCUT2D eigenvalue weighted by molar-refractivity contribution is 5.91. The molecule has 2 rings (SSSR count).